The minimum absolute atomic E-state index is 0.0264. The fourth-order valence-electron chi connectivity index (χ4n) is 3.98. The van der Waals surface area contributed by atoms with Crippen molar-refractivity contribution in [2.75, 3.05) is 29.4 Å². The van der Waals surface area contributed by atoms with Gasteiger partial charge in [-0.3, -0.25) is 14.3 Å². The van der Waals surface area contributed by atoms with Crippen molar-refractivity contribution in [1.29, 1.82) is 0 Å². The number of hydrogen-bond donors (Lipinski definition) is 2. The SMILES string of the molecule is CCn1cc(S(=O)(=O)N2C[C@H]([C@H](C)CC(C)=O)Oc3ccc(NC(=O)OC(C)(C)C(F)(F)F)cc32)c(OCCO)n1. The van der Waals surface area contributed by atoms with Crippen LogP contribution in [0.25, 0.3) is 0 Å². The van der Waals surface area contributed by atoms with Gasteiger partial charge < -0.3 is 24.1 Å². The van der Waals surface area contributed by atoms with Crippen molar-refractivity contribution in [2.45, 2.75) is 70.4 Å². The Hall–Kier alpha value is -3.53. The average Bonchev–Trinajstić information content (AvgIpc) is 3.29. The first-order valence-electron chi connectivity index (χ1n) is 12.7. The first kappa shape index (κ1) is 32.0. The quantitative estimate of drug-likeness (QED) is 0.390. The molecule has 0 saturated heterocycles. The molecule has 2 aromatic rings. The first-order chi connectivity index (χ1) is 19.0. The molecule has 0 unspecified atom stereocenters. The van der Waals surface area contributed by atoms with Crippen LogP contribution in [0.4, 0.5) is 29.3 Å². The molecule has 2 atom stereocenters. The Morgan fingerprint density at radius 3 is 2.56 bits per heavy atom. The molecule has 1 aromatic carbocycles. The summed E-state index contributed by atoms with van der Waals surface area (Å²) in [5.74, 6) is -0.658. The molecule has 0 spiro atoms. The number of benzene rings is 1. The Morgan fingerprint density at radius 2 is 1.98 bits per heavy atom. The Labute approximate surface area is 235 Å². The highest BCUT2D eigenvalue weighted by Gasteiger charge is 2.51. The van der Waals surface area contributed by atoms with Gasteiger partial charge in [-0.2, -0.15) is 13.2 Å². The van der Waals surface area contributed by atoms with Gasteiger partial charge in [0.05, 0.1) is 18.8 Å². The van der Waals surface area contributed by atoms with Gasteiger partial charge in [-0.25, -0.2) is 13.2 Å². The molecule has 0 radical (unpaired) electrons. The van der Waals surface area contributed by atoms with Crippen LogP contribution in [-0.4, -0.2) is 72.8 Å². The molecule has 12 nitrogen and oxygen atoms in total. The number of nitrogens with zero attached hydrogens (tertiary/aromatic N) is 3. The largest absolute Gasteiger partial charge is 0.486 e. The van der Waals surface area contributed by atoms with E-state index in [1.807, 2.05) is 0 Å². The van der Waals surface area contributed by atoms with Gasteiger partial charge in [0, 0.05) is 30.8 Å². The van der Waals surface area contributed by atoms with E-state index in [0.717, 1.165) is 4.31 Å². The van der Waals surface area contributed by atoms with E-state index in [4.69, 9.17) is 9.47 Å². The summed E-state index contributed by atoms with van der Waals surface area (Å²) in [5.41, 5.74) is -2.87. The van der Waals surface area contributed by atoms with Crippen molar-refractivity contribution in [3.63, 3.8) is 0 Å². The zero-order valence-corrected chi connectivity index (χ0v) is 24.0. The molecule has 1 aliphatic heterocycles. The van der Waals surface area contributed by atoms with Crippen molar-refractivity contribution in [3.8, 4) is 11.6 Å². The predicted octanol–water partition coefficient (Wildman–Crippen LogP) is 3.74. The van der Waals surface area contributed by atoms with Crippen LogP contribution in [0.2, 0.25) is 0 Å². The van der Waals surface area contributed by atoms with Crippen molar-refractivity contribution in [2.24, 2.45) is 5.92 Å². The third kappa shape index (κ3) is 7.22. The number of halogens is 3. The van der Waals surface area contributed by atoms with Crippen molar-refractivity contribution < 1.29 is 50.5 Å². The van der Waals surface area contributed by atoms with Crippen molar-refractivity contribution in [1.82, 2.24) is 9.78 Å². The van der Waals surface area contributed by atoms with Crippen LogP contribution in [0.15, 0.2) is 29.3 Å². The highest BCUT2D eigenvalue weighted by molar-refractivity contribution is 7.93. The Kier molecular flexibility index (Phi) is 9.47. The van der Waals surface area contributed by atoms with E-state index in [1.165, 1.54) is 36.0 Å². The van der Waals surface area contributed by atoms with Gasteiger partial charge in [0.15, 0.2) is 4.90 Å². The third-order valence-corrected chi connectivity index (χ3v) is 8.05. The highest BCUT2D eigenvalue weighted by Crippen LogP contribution is 2.42. The summed E-state index contributed by atoms with van der Waals surface area (Å²) in [6.07, 6.45) is -5.60. The summed E-state index contributed by atoms with van der Waals surface area (Å²) in [4.78, 5) is 23.8. The number of ketones is 1. The molecular formula is C25H33F3N4O8S. The minimum Gasteiger partial charge on any atom is -0.486 e. The van der Waals surface area contributed by atoms with E-state index >= 15 is 0 Å². The molecule has 3 rings (SSSR count). The van der Waals surface area contributed by atoms with Crippen LogP contribution in [0.3, 0.4) is 0 Å². The number of rotatable bonds is 11. The number of fused-ring (bicyclic) bond motifs is 1. The molecule has 1 aromatic heterocycles. The van der Waals surface area contributed by atoms with Gasteiger partial charge in [0.2, 0.25) is 5.60 Å². The van der Waals surface area contributed by atoms with E-state index in [9.17, 15) is 36.3 Å². The number of ether oxygens (including phenoxy) is 3. The zero-order valence-electron chi connectivity index (χ0n) is 23.2. The number of aryl methyl sites for hydroxylation is 1. The third-order valence-electron chi connectivity index (χ3n) is 6.29. The molecule has 2 heterocycles. The standard InChI is InChI=1S/C25H33F3N4O8S/c1-6-31-14-21(22(30-31)38-10-9-33)41(36,37)32-13-20(15(2)11-16(3)34)39-19-8-7-17(12-18(19)32)29-23(35)40-24(4,5)25(26,27)28/h7-8,12,14-15,20,33H,6,9-11,13H2,1-5H3,(H,29,35)/t15-,20-/m1/s1. The van der Waals surface area contributed by atoms with E-state index in [0.29, 0.717) is 20.4 Å². The second-order valence-electron chi connectivity index (χ2n) is 10.0. The maximum atomic E-state index is 14.1. The molecule has 41 heavy (non-hydrogen) atoms. The van der Waals surface area contributed by atoms with Crippen molar-refractivity contribution >= 4 is 33.3 Å². The fourth-order valence-corrected chi connectivity index (χ4v) is 5.54. The molecule has 0 bridgehead atoms. The number of carbonyl (C=O) groups excluding carboxylic acids is 2. The molecule has 1 aliphatic rings. The number of aliphatic hydroxyl groups excluding tert-OH is 1. The number of Topliss-reactive ketones (excluding diaryl/α,β-unsaturated/α-hetero) is 1. The first-order valence-corrected chi connectivity index (χ1v) is 14.1. The summed E-state index contributed by atoms with van der Waals surface area (Å²) in [6, 6.07) is 3.89. The summed E-state index contributed by atoms with van der Waals surface area (Å²) >= 11 is 0. The summed E-state index contributed by atoms with van der Waals surface area (Å²) in [7, 11) is -4.43. The smallest absolute Gasteiger partial charge is 0.427 e. The number of sulfonamides is 1. The van der Waals surface area contributed by atoms with Gasteiger partial charge >= 0.3 is 12.3 Å². The molecule has 1 amide bonds. The lowest BCUT2D eigenvalue weighted by Crippen LogP contribution is -2.46. The second kappa shape index (κ2) is 12.1. The Morgan fingerprint density at radius 1 is 1.29 bits per heavy atom. The molecule has 2 N–H and O–H groups in total. The molecule has 228 valence electrons. The van der Waals surface area contributed by atoms with Crippen LogP contribution in [-0.2, 0) is 26.1 Å². The normalized spacial score (nSPS) is 16.4. The zero-order chi connectivity index (χ0) is 30.8. The highest BCUT2D eigenvalue weighted by atomic mass is 32.2. The van der Waals surface area contributed by atoms with Gasteiger partial charge in [-0.15, -0.1) is 5.10 Å². The lowest BCUT2D eigenvalue weighted by Gasteiger charge is -2.37. The predicted molar refractivity (Wildman–Crippen MR) is 141 cm³/mol. The summed E-state index contributed by atoms with van der Waals surface area (Å²) < 4.78 is 85.9. The summed E-state index contributed by atoms with van der Waals surface area (Å²) in [6.45, 7) is 5.73. The molecule has 0 fully saturated rings. The van der Waals surface area contributed by atoms with Crippen LogP contribution in [0.1, 0.15) is 41.0 Å². The Bertz CT molecular complexity index is 1380. The van der Waals surface area contributed by atoms with Gasteiger partial charge in [-0.05, 0) is 45.9 Å². The number of alkyl halides is 3. The molecule has 16 heteroatoms. The van der Waals surface area contributed by atoms with Crippen LogP contribution >= 0.6 is 0 Å². The van der Waals surface area contributed by atoms with E-state index in [-0.39, 0.29) is 65.8 Å². The van der Waals surface area contributed by atoms with E-state index in [1.54, 1.807) is 13.8 Å². The van der Waals surface area contributed by atoms with Crippen LogP contribution in [0, 0.1) is 5.92 Å². The number of aliphatic hydroxyl groups is 1. The van der Waals surface area contributed by atoms with E-state index < -0.39 is 34.0 Å². The fraction of sp³-hybridized carbons (Fsp3) is 0.560. The van der Waals surface area contributed by atoms with Gasteiger partial charge in [0.25, 0.3) is 15.9 Å². The summed E-state index contributed by atoms with van der Waals surface area (Å²) in [5, 5.41) is 15.5. The Balaban J connectivity index is 2.05. The number of anilines is 2. The number of hydrogen-bond acceptors (Lipinski definition) is 9. The number of carbonyl (C=O) groups is 2. The number of nitrogens with one attached hydrogen (secondary N) is 1. The average molecular weight is 607 g/mol. The van der Waals surface area contributed by atoms with Crippen LogP contribution < -0.4 is 19.1 Å². The van der Waals surface area contributed by atoms with Gasteiger partial charge in [0.1, 0.15) is 24.2 Å². The lowest BCUT2D eigenvalue weighted by atomic mass is 9.97. The number of amides is 1. The molecule has 0 saturated carbocycles. The minimum atomic E-state index is -4.83. The van der Waals surface area contributed by atoms with E-state index in [2.05, 4.69) is 15.2 Å². The lowest BCUT2D eigenvalue weighted by molar-refractivity contribution is -0.242. The molecule has 0 aliphatic carbocycles. The maximum Gasteiger partial charge on any atom is 0.427 e. The van der Waals surface area contributed by atoms with Crippen molar-refractivity contribution in [3.05, 3.63) is 24.4 Å². The topological polar surface area (TPSA) is 149 Å². The van der Waals surface area contributed by atoms with Crippen LogP contribution in [0.5, 0.6) is 11.6 Å². The maximum absolute atomic E-state index is 14.1. The number of aromatic nitrogens is 2. The monoisotopic (exact) mass is 606 g/mol. The van der Waals surface area contributed by atoms with Gasteiger partial charge in [-0.1, -0.05) is 6.92 Å². The molecular weight excluding hydrogens is 573 g/mol. The second-order valence-corrected chi connectivity index (χ2v) is 11.8.